The molecule has 0 radical (unpaired) electrons. The molecule has 4 atom stereocenters. The van der Waals surface area contributed by atoms with E-state index in [1.165, 1.54) is 38.5 Å². The van der Waals surface area contributed by atoms with Crippen molar-refractivity contribution >= 4 is 11.8 Å². The molecule has 0 bridgehead atoms. The first kappa shape index (κ1) is 32.1. The van der Waals surface area contributed by atoms with Crippen LogP contribution in [0.3, 0.4) is 0 Å². The van der Waals surface area contributed by atoms with Gasteiger partial charge in [-0.05, 0) is 75.5 Å². The van der Waals surface area contributed by atoms with Gasteiger partial charge in [-0.2, -0.15) is 0 Å². The maximum Gasteiger partial charge on any atom is 0.346 e. The lowest BCUT2D eigenvalue weighted by atomic mass is 9.79. The van der Waals surface area contributed by atoms with Crippen molar-refractivity contribution < 1.29 is 24.2 Å². The molecule has 0 aromatic carbocycles. The Labute approximate surface area is 216 Å². The van der Waals surface area contributed by atoms with Crippen LogP contribution in [0.2, 0.25) is 0 Å². The van der Waals surface area contributed by atoms with Gasteiger partial charge < -0.3 is 14.6 Å². The number of esters is 1. The summed E-state index contributed by atoms with van der Waals surface area (Å²) in [5, 5.41) is 10.6. The number of hydrogen-bond acceptors (Lipinski definition) is 5. The highest BCUT2D eigenvalue weighted by Gasteiger charge is 2.46. The van der Waals surface area contributed by atoms with E-state index in [9.17, 15) is 14.7 Å². The first-order valence-corrected chi connectivity index (χ1v) is 14.7. The summed E-state index contributed by atoms with van der Waals surface area (Å²) in [7, 11) is 0. The molecule has 0 aromatic rings. The molecule has 1 rings (SSSR count). The van der Waals surface area contributed by atoms with Gasteiger partial charge in [0.2, 0.25) is 5.60 Å². The zero-order valence-electron chi connectivity index (χ0n) is 23.8. The standard InChI is InChI=1S/C30H56O5/c1-7-11-21-29(5,6)22-15-16-24-19-20-26(31)25(24)17-13-14-18-27(32)30(9-3,28(33)34-10-4)35-23-12-8-2/h24-26,31H,7-23H2,1-6H3/t24-,25+,26-,30?/m0/s1. The second-order valence-electron chi connectivity index (χ2n) is 11.5. The molecule has 0 spiro atoms. The van der Waals surface area contributed by atoms with E-state index < -0.39 is 11.6 Å². The van der Waals surface area contributed by atoms with Crippen LogP contribution in [0, 0.1) is 17.3 Å². The molecule has 1 aliphatic rings. The first-order chi connectivity index (χ1) is 16.7. The largest absolute Gasteiger partial charge is 0.464 e. The fourth-order valence-corrected chi connectivity index (χ4v) is 5.74. The SMILES string of the molecule is CCCCOC(CC)(C(=O)CCCC[C@@H]1[C@@H](CCCC(C)(C)CCCC)CC[C@@H]1O)C(=O)OCC. The van der Waals surface area contributed by atoms with Crippen molar-refractivity contribution in [1.29, 1.82) is 0 Å². The zero-order chi connectivity index (χ0) is 26.3. The molecule has 1 saturated carbocycles. The molecular weight excluding hydrogens is 440 g/mol. The van der Waals surface area contributed by atoms with Gasteiger partial charge in [-0.15, -0.1) is 0 Å². The smallest absolute Gasteiger partial charge is 0.346 e. The Hall–Kier alpha value is -0.940. The number of aliphatic hydroxyl groups is 1. The summed E-state index contributed by atoms with van der Waals surface area (Å²) >= 11 is 0. The molecular formula is C30H56O5. The van der Waals surface area contributed by atoms with Gasteiger partial charge >= 0.3 is 5.97 Å². The number of carbonyl (C=O) groups is 2. The summed E-state index contributed by atoms with van der Waals surface area (Å²) in [5.74, 6) is 0.226. The first-order valence-electron chi connectivity index (χ1n) is 14.7. The molecule has 0 saturated heterocycles. The summed E-state index contributed by atoms with van der Waals surface area (Å²) in [5.41, 5.74) is -1.06. The lowest BCUT2D eigenvalue weighted by molar-refractivity contribution is -0.178. The third kappa shape index (κ3) is 10.5. The van der Waals surface area contributed by atoms with Crippen LogP contribution >= 0.6 is 0 Å². The number of unbranched alkanes of at least 4 members (excludes halogenated alkanes) is 3. The lowest BCUT2D eigenvalue weighted by Crippen LogP contribution is -2.50. The van der Waals surface area contributed by atoms with Gasteiger partial charge in [-0.3, -0.25) is 4.79 Å². The molecule has 0 aromatic heterocycles. The molecule has 0 aliphatic heterocycles. The number of aliphatic hydroxyl groups excluding tert-OH is 1. The monoisotopic (exact) mass is 496 g/mol. The molecule has 1 fully saturated rings. The van der Waals surface area contributed by atoms with Crippen molar-refractivity contribution in [1.82, 2.24) is 0 Å². The maximum atomic E-state index is 13.2. The fourth-order valence-electron chi connectivity index (χ4n) is 5.74. The Kier molecular flexibility index (Phi) is 15.3. The molecule has 0 amide bonds. The molecule has 1 unspecified atom stereocenters. The lowest BCUT2D eigenvalue weighted by Gasteiger charge is -2.29. The predicted octanol–water partition coefficient (Wildman–Crippen LogP) is 7.42. The van der Waals surface area contributed by atoms with Crippen LogP contribution in [0.25, 0.3) is 0 Å². The van der Waals surface area contributed by atoms with Crippen LogP contribution in [-0.2, 0) is 19.1 Å². The van der Waals surface area contributed by atoms with Gasteiger partial charge in [0, 0.05) is 13.0 Å². The third-order valence-electron chi connectivity index (χ3n) is 8.16. The zero-order valence-corrected chi connectivity index (χ0v) is 23.8. The minimum atomic E-state index is -1.47. The Morgan fingerprint density at radius 3 is 2.20 bits per heavy atom. The van der Waals surface area contributed by atoms with Crippen LogP contribution in [0.4, 0.5) is 0 Å². The van der Waals surface area contributed by atoms with E-state index in [1.807, 2.05) is 6.92 Å². The van der Waals surface area contributed by atoms with Crippen molar-refractivity contribution in [3.63, 3.8) is 0 Å². The van der Waals surface area contributed by atoms with Crippen LogP contribution < -0.4 is 0 Å². The van der Waals surface area contributed by atoms with E-state index >= 15 is 0 Å². The highest BCUT2D eigenvalue weighted by Crippen LogP contribution is 2.40. The molecule has 5 heteroatoms. The van der Waals surface area contributed by atoms with Crippen LogP contribution in [0.15, 0.2) is 0 Å². The second-order valence-corrected chi connectivity index (χ2v) is 11.5. The van der Waals surface area contributed by atoms with E-state index in [0.717, 1.165) is 44.9 Å². The Morgan fingerprint density at radius 2 is 1.57 bits per heavy atom. The Balaban J connectivity index is 2.57. The third-order valence-corrected chi connectivity index (χ3v) is 8.16. The summed E-state index contributed by atoms with van der Waals surface area (Å²) < 4.78 is 11.1. The highest BCUT2D eigenvalue weighted by atomic mass is 16.6. The quantitative estimate of drug-likeness (QED) is 0.108. The fraction of sp³-hybridized carbons (Fsp3) is 0.933. The van der Waals surface area contributed by atoms with Crippen molar-refractivity contribution in [3.8, 4) is 0 Å². The molecule has 5 nitrogen and oxygen atoms in total. The van der Waals surface area contributed by atoms with Crippen molar-refractivity contribution in [2.45, 2.75) is 150 Å². The van der Waals surface area contributed by atoms with Gasteiger partial charge in [0.05, 0.1) is 12.7 Å². The molecule has 1 aliphatic carbocycles. The van der Waals surface area contributed by atoms with E-state index in [1.54, 1.807) is 6.92 Å². The van der Waals surface area contributed by atoms with Gasteiger partial charge in [-0.25, -0.2) is 4.79 Å². The van der Waals surface area contributed by atoms with E-state index in [-0.39, 0.29) is 18.5 Å². The molecule has 35 heavy (non-hydrogen) atoms. The Bertz CT molecular complexity index is 602. The van der Waals surface area contributed by atoms with Crippen molar-refractivity contribution in [2.24, 2.45) is 17.3 Å². The maximum absolute atomic E-state index is 13.2. The van der Waals surface area contributed by atoms with Crippen LogP contribution in [0.1, 0.15) is 138 Å². The Morgan fingerprint density at radius 1 is 0.886 bits per heavy atom. The summed E-state index contributed by atoms with van der Waals surface area (Å²) in [6.45, 7) is 13.3. The predicted molar refractivity (Wildman–Crippen MR) is 143 cm³/mol. The average molecular weight is 497 g/mol. The van der Waals surface area contributed by atoms with Crippen LogP contribution in [-0.4, -0.2) is 41.8 Å². The van der Waals surface area contributed by atoms with E-state index in [0.29, 0.717) is 36.7 Å². The summed E-state index contributed by atoms with van der Waals surface area (Å²) in [6.07, 6.45) is 14.3. The van der Waals surface area contributed by atoms with Crippen molar-refractivity contribution in [3.05, 3.63) is 0 Å². The van der Waals surface area contributed by atoms with Gasteiger partial charge in [-0.1, -0.05) is 73.1 Å². The summed E-state index contributed by atoms with van der Waals surface area (Å²) in [4.78, 5) is 25.9. The van der Waals surface area contributed by atoms with Crippen molar-refractivity contribution in [2.75, 3.05) is 13.2 Å². The van der Waals surface area contributed by atoms with E-state index in [2.05, 4.69) is 27.7 Å². The van der Waals surface area contributed by atoms with E-state index in [4.69, 9.17) is 9.47 Å². The minimum absolute atomic E-state index is 0.160. The number of ether oxygens (including phenoxy) is 2. The normalized spacial score (nSPS) is 22.2. The molecule has 206 valence electrons. The van der Waals surface area contributed by atoms with Gasteiger partial charge in [0.1, 0.15) is 0 Å². The number of carbonyl (C=O) groups excluding carboxylic acids is 2. The summed E-state index contributed by atoms with van der Waals surface area (Å²) in [6, 6.07) is 0. The van der Waals surface area contributed by atoms with Crippen LogP contribution in [0.5, 0.6) is 0 Å². The number of ketones is 1. The number of rotatable bonds is 20. The van der Waals surface area contributed by atoms with Gasteiger partial charge in [0.15, 0.2) is 5.78 Å². The average Bonchev–Trinajstić information content (AvgIpc) is 3.17. The topological polar surface area (TPSA) is 72.8 Å². The number of Topliss-reactive ketones (excluding diaryl/α,β-unsaturated/α-hetero) is 1. The minimum Gasteiger partial charge on any atom is -0.464 e. The molecule has 0 heterocycles. The van der Waals surface area contributed by atoms with Gasteiger partial charge in [0.25, 0.3) is 0 Å². The second kappa shape index (κ2) is 16.7. The molecule has 1 N–H and O–H groups in total. The highest BCUT2D eigenvalue weighted by molar-refractivity contribution is 6.07. The number of hydrogen-bond donors (Lipinski definition) is 1.